The maximum Gasteiger partial charge on any atom is 0.0471 e. The summed E-state index contributed by atoms with van der Waals surface area (Å²) in [5, 5.41) is 0.822. The van der Waals surface area contributed by atoms with Crippen LogP contribution in [0, 0.1) is 0 Å². The van der Waals surface area contributed by atoms with E-state index in [0.717, 1.165) is 18.3 Å². The first-order valence-electron chi connectivity index (χ1n) is 6.45. The topological polar surface area (TPSA) is 32.5 Å². The molecule has 2 aliphatic rings. The van der Waals surface area contributed by atoms with Gasteiger partial charge in [0.2, 0.25) is 0 Å². The molecule has 16 heavy (non-hydrogen) atoms. The SMILES string of the molecule is CCC1CN(C2(CN)CCN(C)C2)CCS1. The van der Waals surface area contributed by atoms with E-state index >= 15 is 0 Å². The normalized spacial score (nSPS) is 38.1. The van der Waals surface area contributed by atoms with Crippen molar-refractivity contribution >= 4 is 11.8 Å². The van der Waals surface area contributed by atoms with E-state index in [2.05, 4.69) is 35.5 Å². The summed E-state index contributed by atoms with van der Waals surface area (Å²) in [7, 11) is 2.22. The van der Waals surface area contributed by atoms with E-state index in [9.17, 15) is 0 Å². The zero-order valence-corrected chi connectivity index (χ0v) is 11.4. The summed E-state index contributed by atoms with van der Waals surface area (Å²) in [6.45, 7) is 7.95. The number of thioether (sulfide) groups is 1. The molecule has 2 unspecified atom stereocenters. The number of hydrogen-bond donors (Lipinski definition) is 1. The van der Waals surface area contributed by atoms with Gasteiger partial charge in [0.15, 0.2) is 0 Å². The molecule has 0 bridgehead atoms. The van der Waals surface area contributed by atoms with Gasteiger partial charge in [0.05, 0.1) is 0 Å². The first-order chi connectivity index (χ1) is 7.70. The van der Waals surface area contributed by atoms with Gasteiger partial charge in [-0.3, -0.25) is 4.90 Å². The summed E-state index contributed by atoms with van der Waals surface area (Å²) in [6, 6.07) is 0. The highest BCUT2D eigenvalue weighted by atomic mass is 32.2. The Morgan fingerprint density at radius 2 is 2.25 bits per heavy atom. The molecule has 0 aromatic heterocycles. The Morgan fingerprint density at radius 3 is 2.81 bits per heavy atom. The predicted octanol–water partition coefficient (Wildman–Crippen LogP) is 0.847. The molecule has 0 spiro atoms. The van der Waals surface area contributed by atoms with Crippen molar-refractivity contribution in [3.8, 4) is 0 Å². The average Bonchev–Trinajstić information content (AvgIpc) is 2.72. The molecule has 0 aliphatic carbocycles. The van der Waals surface area contributed by atoms with Crippen molar-refractivity contribution in [2.24, 2.45) is 5.73 Å². The second kappa shape index (κ2) is 5.25. The van der Waals surface area contributed by atoms with Crippen molar-refractivity contribution in [2.75, 3.05) is 45.5 Å². The van der Waals surface area contributed by atoms with Crippen LogP contribution in [0.4, 0.5) is 0 Å². The summed E-state index contributed by atoms with van der Waals surface area (Å²) < 4.78 is 0. The minimum absolute atomic E-state index is 0.281. The molecule has 2 N–H and O–H groups in total. The third-order valence-corrected chi connectivity index (χ3v) is 5.54. The van der Waals surface area contributed by atoms with E-state index in [1.54, 1.807) is 0 Å². The zero-order chi connectivity index (χ0) is 11.6. The maximum atomic E-state index is 6.07. The fraction of sp³-hybridized carbons (Fsp3) is 1.00. The summed E-state index contributed by atoms with van der Waals surface area (Å²) >= 11 is 2.14. The molecule has 94 valence electrons. The first kappa shape index (κ1) is 12.7. The monoisotopic (exact) mass is 243 g/mol. The largest absolute Gasteiger partial charge is 0.329 e. The Morgan fingerprint density at radius 1 is 1.44 bits per heavy atom. The molecule has 3 nitrogen and oxygen atoms in total. The van der Waals surface area contributed by atoms with Crippen LogP contribution >= 0.6 is 11.8 Å². The van der Waals surface area contributed by atoms with E-state index in [1.165, 1.54) is 38.2 Å². The molecule has 2 rings (SSSR count). The van der Waals surface area contributed by atoms with Crippen molar-refractivity contribution < 1.29 is 0 Å². The molecule has 4 heteroatoms. The Balaban J connectivity index is 2.03. The number of nitrogens with zero attached hydrogens (tertiary/aromatic N) is 2. The lowest BCUT2D eigenvalue weighted by atomic mass is 9.95. The van der Waals surface area contributed by atoms with Gasteiger partial charge in [-0.2, -0.15) is 11.8 Å². The number of rotatable bonds is 3. The third kappa shape index (κ3) is 2.40. The van der Waals surface area contributed by atoms with Crippen LogP contribution in [-0.2, 0) is 0 Å². The summed E-state index contributed by atoms with van der Waals surface area (Å²) in [6.07, 6.45) is 2.54. The second-order valence-electron chi connectivity index (χ2n) is 5.26. The Hall–Kier alpha value is 0.230. The molecule has 0 aromatic carbocycles. The van der Waals surface area contributed by atoms with Gasteiger partial charge in [-0.1, -0.05) is 6.92 Å². The molecule has 0 saturated carbocycles. The van der Waals surface area contributed by atoms with Crippen molar-refractivity contribution in [1.29, 1.82) is 0 Å². The third-order valence-electron chi connectivity index (χ3n) is 4.17. The fourth-order valence-corrected chi connectivity index (χ4v) is 4.19. The summed E-state index contributed by atoms with van der Waals surface area (Å²) in [5.41, 5.74) is 6.35. The molecule has 2 atom stereocenters. The van der Waals surface area contributed by atoms with Crippen LogP contribution in [-0.4, -0.2) is 66.1 Å². The smallest absolute Gasteiger partial charge is 0.0471 e. The van der Waals surface area contributed by atoms with E-state index in [-0.39, 0.29) is 5.54 Å². The molecule has 2 aliphatic heterocycles. The van der Waals surface area contributed by atoms with Crippen LogP contribution in [0.15, 0.2) is 0 Å². The van der Waals surface area contributed by atoms with Gasteiger partial charge in [-0.05, 0) is 26.4 Å². The van der Waals surface area contributed by atoms with Crippen LogP contribution < -0.4 is 5.73 Å². The van der Waals surface area contributed by atoms with E-state index in [4.69, 9.17) is 5.73 Å². The van der Waals surface area contributed by atoms with Crippen LogP contribution in [0.25, 0.3) is 0 Å². The van der Waals surface area contributed by atoms with Gasteiger partial charge >= 0.3 is 0 Å². The Kier molecular flexibility index (Phi) is 4.16. The second-order valence-corrected chi connectivity index (χ2v) is 6.67. The van der Waals surface area contributed by atoms with Gasteiger partial charge < -0.3 is 10.6 Å². The van der Waals surface area contributed by atoms with Crippen LogP contribution in [0.2, 0.25) is 0 Å². The van der Waals surface area contributed by atoms with Gasteiger partial charge in [0, 0.05) is 42.7 Å². The zero-order valence-electron chi connectivity index (χ0n) is 10.6. The van der Waals surface area contributed by atoms with Crippen molar-refractivity contribution in [3.63, 3.8) is 0 Å². The highest BCUT2D eigenvalue weighted by molar-refractivity contribution is 8.00. The average molecular weight is 243 g/mol. The standard InChI is InChI=1S/C12H25N3S/c1-3-11-8-15(6-7-16-11)12(9-13)4-5-14(2)10-12/h11H,3-10,13H2,1-2H3. The van der Waals surface area contributed by atoms with Crippen molar-refractivity contribution in [2.45, 2.75) is 30.6 Å². The minimum Gasteiger partial charge on any atom is -0.329 e. The van der Waals surface area contributed by atoms with E-state index in [1.807, 2.05) is 0 Å². The Labute approximate surface area is 104 Å². The molecular formula is C12H25N3S. The van der Waals surface area contributed by atoms with Crippen LogP contribution in [0.3, 0.4) is 0 Å². The fourth-order valence-electron chi connectivity index (χ4n) is 3.01. The van der Waals surface area contributed by atoms with Crippen molar-refractivity contribution in [3.05, 3.63) is 0 Å². The summed E-state index contributed by atoms with van der Waals surface area (Å²) in [5.74, 6) is 1.28. The maximum absolute atomic E-state index is 6.07. The molecular weight excluding hydrogens is 218 g/mol. The lowest BCUT2D eigenvalue weighted by Gasteiger charge is -2.44. The highest BCUT2D eigenvalue weighted by Gasteiger charge is 2.42. The van der Waals surface area contributed by atoms with Gasteiger partial charge in [-0.15, -0.1) is 0 Å². The first-order valence-corrected chi connectivity index (χ1v) is 7.50. The van der Waals surface area contributed by atoms with E-state index < -0.39 is 0 Å². The van der Waals surface area contributed by atoms with Crippen molar-refractivity contribution in [1.82, 2.24) is 9.80 Å². The van der Waals surface area contributed by atoms with Crippen LogP contribution in [0.1, 0.15) is 19.8 Å². The van der Waals surface area contributed by atoms with Crippen LogP contribution in [0.5, 0.6) is 0 Å². The number of nitrogens with two attached hydrogens (primary N) is 1. The van der Waals surface area contributed by atoms with E-state index in [0.29, 0.717) is 0 Å². The lowest BCUT2D eigenvalue weighted by Crippen LogP contribution is -2.59. The highest BCUT2D eigenvalue weighted by Crippen LogP contribution is 2.31. The summed E-state index contributed by atoms with van der Waals surface area (Å²) in [4.78, 5) is 5.11. The Bertz CT molecular complexity index is 236. The van der Waals surface area contributed by atoms with Gasteiger partial charge in [-0.25, -0.2) is 0 Å². The van der Waals surface area contributed by atoms with Gasteiger partial charge in [0.1, 0.15) is 0 Å². The molecule has 2 fully saturated rings. The molecule has 2 saturated heterocycles. The number of likely N-dealkylation sites (tertiary alicyclic amines) is 1. The number of hydrogen-bond acceptors (Lipinski definition) is 4. The lowest BCUT2D eigenvalue weighted by molar-refractivity contribution is 0.105. The predicted molar refractivity (Wildman–Crippen MR) is 72.0 cm³/mol. The number of likely N-dealkylation sites (N-methyl/N-ethyl adjacent to an activating group) is 1. The molecule has 0 aromatic rings. The quantitative estimate of drug-likeness (QED) is 0.796. The van der Waals surface area contributed by atoms with Gasteiger partial charge in [0.25, 0.3) is 0 Å². The molecule has 0 radical (unpaired) electrons. The molecule has 2 heterocycles. The minimum atomic E-state index is 0.281. The molecule has 0 amide bonds.